The lowest BCUT2D eigenvalue weighted by molar-refractivity contribution is 0.0982. The van der Waals surface area contributed by atoms with Crippen molar-refractivity contribution in [1.82, 2.24) is 4.90 Å². The number of Topliss-reactive ketones (excluding diaryl/α,β-unsaturated/α-hetero) is 1. The molecule has 23 heavy (non-hydrogen) atoms. The zero-order valence-electron chi connectivity index (χ0n) is 12.5. The number of hydrogen-bond acceptors (Lipinski definition) is 3. The van der Waals surface area contributed by atoms with Crippen molar-refractivity contribution in [3.8, 4) is 5.75 Å². The molecule has 0 saturated carbocycles. The Labute approximate surface area is 143 Å². The van der Waals surface area contributed by atoms with Gasteiger partial charge in [0, 0.05) is 30.9 Å². The van der Waals surface area contributed by atoms with Gasteiger partial charge >= 0.3 is 0 Å². The van der Waals surface area contributed by atoms with Crippen molar-refractivity contribution in [2.24, 2.45) is 0 Å². The van der Waals surface area contributed by atoms with E-state index in [4.69, 9.17) is 27.9 Å². The molecule has 0 aromatic heterocycles. The maximum absolute atomic E-state index is 13.6. The van der Waals surface area contributed by atoms with Crippen LogP contribution in [0.5, 0.6) is 5.75 Å². The van der Waals surface area contributed by atoms with Crippen LogP contribution in [-0.2, 0) is 0 Å². The highest BCUT2D eigenvalue weighted by atomic mass is 35.5. The molecule has 3 nitrogen and oxygen atoms in total. The maximum atomic E-state index is 13.6. The minimum absolute atomic E-state index is 0.0184. The molecule has 0 fully saturated rings. The molecule has 0 N–H and O–H groups in total. The van der Waals surface area contributed by atoms with Crippen molar-refractivity contribution in [1.29, 1.82) is 0 Å². The molecule has 2 rings (SSSR count). The second-order valence-electron chi connectivity index (χ2n) is 4.94. The summed E-state index contributed by atoms with van der Waals surface area (Å²) in [5.74, 6) is -0.723. The summed E-state index contributed by atoms with van der Waals surface area (Å²) in [6.07, 6.45) is 1.50. The Bertz CT molecular complexity index is 743. The Morgan fingerprint density at radius 2 is 1.78 bits per heavy atom. The number of carbonyl (C=O) groups is 1. The van der Waals surface area contributed by atoms with Gasteiger partial charge < -0.3 is 9.64 Å². The largest absolute Gasteiger partial charge is 0.452 e. The average molecular weight is 354 g/mol. The van der Waals surface area contributed by atoms with Gasteiger partial charge in [0.15, 0.2) is 5.76 Å². The van der Waals surface area contributed by atoms with E-state index in [2.05, 4.69) is 0 Å². The zero-order chi connectivity index (χ0) is 17.0. The van der Waals surface area contributed by atoms with Crippen LogP contribution in [0, 0.1) is 5.82 Å². The van der Waals surface area contributed by atoms with Gasteiger partial charge in [0.25, 0.3) is 0 Å². The SMILES string of the molecule is CN(C)/C=C(\Oc1ccc(Cl)cc1)C(=O)c1cccc(F)c1Cl. The predicted molar refractivity (Wildman–Crippen MR) is 89.6 cm³/mol. The molecule has 0 spiro atoms. The van der Waals surface area contributed by atoms with E-state index in [1.807, 2.05) is 0 Å². The van der Waals surface area contributed by atoms with E-state index >= 15 is 0 Å². The second kappa shape index (κ2) is 7.49. The van der Waals surface area contributed by atoms with E-state index in [0.717, 1.165) is 0 Å². The second-order valence-corrected chi connectivity index (χ2v) is 5.76. The third kappa shape index (κ3) is 4.47. The average Bonchev–Trinajstić information content (AvgIpc) is 2.50. The number of carbonyl (C=O) groups excluding carboxylic acids is 1. The van der Waals surface area contributed by atoms with Gasteiger partial charge in [0.2, 0.25) is 5.78 Å². The first-order valence-electron chi connectivity index (χ1n) is 6.69. The summed E-state index contributed by atoms with van der Waals surface area (Å²) < 4.78 is 19.2. The molecular weight excluding hydrogens is 340 g/mol. The molecule has 0 aliphatic carbocycles. The first-order chi connectivity index (χ1) is 10.9. The summed E-state index contributed by atoms with van der Waals surface area (Å²) in [5.41, 5.74) is 0.0359. The lowest BCUT2D eigenvalue weighted by Crippen LogP contribution is -2.15. The number of rotatable bonds is 5. The van der Waals surface area contributed by atoms with Crippen molar-refractivity contribution < 1.29 is 13.9 Å². The summed E-state index contributed by atoms with van der Waals surface area (Å²) in [4.78, 5) is 14.3. The Morgan fingerprint density at radius 3 is 2.39 bits per heavy atom. The van der Waals surface area contributed by atoms with Crippen molar-refractivity contribution in [2.45, 2.75) is 0 Å². The molecule has 0 aliphatic heterocycles. The van der Waals surface area contributed by atoms with Gasteiger partial charge in [-0.2, -0.15) is 0 Å². The van der Waals surface area contributed by atoms with E-state index in [1.165, 1.54) is 24.4 Å². The summed E-state index contributed by atoms with van der Waals surface area (Å²) in [5, 5.41) is 0.317. The molecule has 0 heterocycles. The monoisotopic (exact) mass is 353 g/mol. The molecule has 0 bridgehead atoms. The molecule has 0 amide bonds. The van der Waals surface area contributed by atoms with Gasteiger partial charge in [-0.15, -0.1) is 0 Å². The van der Waals surface area contributed by atoms with Crippen LogP contribution in [0.2, 0.25) is 10.0 Å². The summed E-state index contributed by atoms with van der Waals surface area (Å²) in [6.45, 7) is 0. The lowest BCUT2D eigenvalue weighted by atomic mass is 10.1. The van der Waals surface area contributed by atoms with E-state index in [-0.39, 0.29) is 16.3 Å². The van der Waals surface area contributed by atoms with Crippen molar-refractivity contribution >= 4 is 29.0 Å². The highest BCUT2D eigenvalue weighted by Crippen LogP contribution is 2.25. The fourth-order valence-corrected chi connectivity index (χ4v) is 2.15. The Balaban J connectivity index is 2.37. The number of ketones is 1. The third-order valence-corrected chi connectivity index (χ3v) is 3.47. The van der Waals surface area contributed by atoms with E-state index in [0.29, 0.717) is 10.8 Å². The van der Waals surface area contributed by atoms with Gasteiger partial charge in [-0.3, -0.25) is 4.79 Å². The fourth-order valence-electron chi connectivity index (χ4n) is 1.81. The smallest absolute Gasteiger partial charge is 0.231 e. The number of benzene rings is 2. The molecule has 6 heteroatoms. The van der Waals surface area contributed by atoms with Gasteiger partial charge in [0.05, 0.1) is 5.02 Å². The molecule has 0 aliphatic rings. The Hall–Kier alpha value is -2.04. The third-order valence-electron chi connectivity index (χ3n) is 2.84. The number of nitrogens with zero attached hydrogens (tertiary/aromatic N) is 1. The summed E-state index contributed by atoms with van der Waals surface area (Å²) in [6, 6.07) is 10.6. The first kappa shape index (κ1) is 17.3. The van der Waals surface area contributed by atoms with Gasteiger partial charge in [-0.05, 0) is 36.4 Å². The normalized spacial score (nSPS) is 11.3. The van der Waals surface area contributed by atoms with Crippen LogP contribution in [-0.4, -0.2) is 24.8 Å². The van der Waals surface area contributed by atoms with Crippen LogP contribution in [0.4, 0.5) is 4.39 Å². The van der Waals surface area contributed by atoms with E-state index < -0.39 is 11.6 Å². The van der Waals surface area contributed by atoms with Crippen LogP contribution in [0.3, 0.4) is 0 Å². The van der Waals surface area contributed by atoms with Gasteiger partial charge in [-0.1, -0.05) is 29.3 Å². The molecule has 0 radical (unpaired) electrons. The summed E-state index contributed by atoms with van der Waals surface area (Å²) in [7, 11) is 3.48. The number of ether oxygens (including phenoxy) is 1. The Kier molecular flexibility index (Phi) is 5.64. The maximum Gasteiger partial charge on any atom is 0.231 e. The standard InChI is InChI=1S/C17H14Cl2FNO2/c1-21(2)10-15(23-12-8-6-11(18)7-9-12)17(22)13-4-3-5-14(20)16(13)19/h3-10H,1-2H3/b15-10-. The highest BCUT2D eigenvalue weighted by molar-refractivity contribution is 6.35. The number of hydrogen-bond donors (Lipinski definition) is 0. The van der Waals surface area contributed by atoms with Crippen LogP contribution >= 0.6 is 23.2 Å². The lowest BCUT2D eigenvalue weighted by Gasteiger charge is -2.13. The quantitative estimate of drug-likeness (QED) is 0.439. The molecule has 2 aromatic rings. The van der Waals surface area contributed by atoms with Crippen LogP contribution in [0.15, 0.2) is 54.4 Å². The molecule has 0 atom stereocenters. The van der Waals surface area contributed by atoms with Crippen molar-refractivity contribution in [3.63, 3.8) is 0 Å². The van der Waals surface area contributed by atoms with Crippen molar-refractivity contribution in [2.75, 3.05) is 14.1 Å². The summed E-state index contributed by atoms with van der Waals surface area (Å²) >= 11 is 11.7. The Morgan fingerprint density at radius 1 is 1.13 bits per heavy atom. The molecule has 0 saturated heterocycles. The molecular formula is C17H14Cl2FNO2. The minimum Gasteiger partial charge on any atom is -0.452 e. The number of halogens is 3. The van der Waals surface area contributed by atoms with Crippen LogP contribution in [0.25, 0.3) is 0 Å². The van der Waals surface area contributed by atoms with E-state index in [9.17, 15) is 9.18 Å². The van der Waals surface area contributed by atoms with Crippen LogP contribution < -0.4 is 4.74 Å². The number of allylic oxidation sites excluding steroid dienone is 1. The molecule has 2 aromatic carbocycles. The van der Waals surface area contributed by atoms with Gasteiger partial charge in [0.1, 0.15) is 11.6 Å². The highest BCUT2D eigenvalue weighted by Gasteiger charge is 2.20. The van der Waals surface area contributed by atoms with Crippen LogP contribution in [0.1, 0.15) is 10.4 Å². The topological polar surface area (TPSA) is 29.5 Å². The minimum atomic E-state index is -0.659. The predicted octanol–water partition coefficient (Wildman–Crippen LogP) is 4.80. The van der Waals surface area contributed by atoms with E-state index in [1.54, 1.807) is 43.3 Å². The molecule has 120 valence electrons. The molecule has 0 unspecified atom stereocenters. The first-order valence-corrected chi connectivity index (χ1v) is 7.44. The van der Waals surface area contributed by atoms with Crippen molar-refractivity contribution in [3.05, 3.63) is 75.8 Å². The fraction of sp³-hybridized carbons (Fsp3) is 0.118. The van der Waals surface area contributed by atoms with Gasteiger partial charge in [-0.25, -0.2) is 4.39 Å². The zero-order valence-corrected chi connectivity index (χ0v) is 14.0.